The monoisotopic (exact) mass is 550 g/mol. The third-order valence-corrected chi connectivity index (χ3v) is 6.73. The number of ether oxygens (including phenoxy) is 1. The summed E-state index contributed by atoms with van der Waals surface area (Å²) in [5.74, 6) is -0.796. The van der Waals surface area contributed by atoms with Crippen molar-refractivity contribution in [3.05, 3.63) is 83.1 Å². The van der Waals surface area contributed by atoms with Crippen LogP contribution in [0.15, 0.2) is 66.7 Å². The number of halogens is 2. The molecule has 1 aliphatic heterocycles. The van der Waals surface area contributed by atoms with Crippen molar-refractivity contribution in [2.24, 2.45) is 0 Å². The van der Waals surface area contributed by atoms with E-state index in [-0.39, 0.29) is 18.9 Å². The van der Waals surface area contributed by atoms with E-state index in [9.17, 15) is 19.1 Å². The van der Waals surface area contributed by atoms with E-state index in [1.807, 2.05) is 18.2 Å². The van der Waals surface area contributed by atoms with Gasteiger partial charge in [-0.1, -0.05) is 29.8 Å². The number of carbonyl (C=O) groups is 2. The second kappa shape index (κ2) is 10.3. The third kappa shape index (κ3) is 5.60. The molecule has 10 heteroatoms. The van der Waals surface area contributed by atoms with Crippen LogP contribution in [0.1, 0.15) is 31.1 Å². The smallest absolute Gasteiger partial charge is 0.410 e. The molecule has 2 amide bonds. The highest BCUT2D eigenvalue weighted by Gasteiger charge is 2.37. The van der Waals surface area contributed by atoms with Crippen LogP contribution in [-0.2, 0) is 4.74 Å². The number of likely N-dealkylation sites (tertiary alicyclic amines) is 1. The fourth-order valence-electron chi connectivity index (χ4n) is 4.54. The van der Waals surface area contributed by atoms with Crippen molar-refractivity contribution < 1.29 is 23.8 Å². The fourth-order valence-corrected chi connectivity index (χ4v) is 4.77. The summed E-state index contributed by atoms with van der Waals surface area (Å²) in [5.41, 5.74) is 2.22. The number of aliphatic hydroxyl groups is 1. The molecule has 0 spiro atoms. The van der Waals surface area contributed by atoms with Gasteiger partial charge in [-0.3, -0.25) is 4.79 Å². The molecule has 4 aromatic rings. The zero-order valence-electron chi connectivity index (χ0n) is 21.7. The number of rotatable bonds is 4. The van der Waals surface area contributed by atoms with Crippen molar-refractivity contribution in [1.29, 1.82) is 0 Å². The maximum Gasteiger partial charge on any atom is 0.410 e. The first-order valence-corrected chi connectivity index (χ1v) is 12.9. The van der Waals surface area contributed by atoms with Crippen LogP contribution in [0.4, 0.5) is 9.18 Å². The summed E-state index contributed by atoms with van der Waals surface area (Å²) in [6, 6.07) is 17.7. The molecule has 2 unspecified atom stereocenters. The molecule has 0 radical (unpaired) electrons. The Kier molecular flexibility index (Phi) is 7.05. The van der Waals surface area contributed by atoms with Crippen molar-refractivity contribution in [2.75, 3.05) is 13.1 Å². The van der Waals surface area contributed by atoms with E-state index >= 15 is 0 Å². The second-order valence-electron chi connectivity index (χ2n) is 10.5. The molecule has 8 nitrogen and oxygen atoms in total. The summed E-state index contributed by atoms with van der Waals surface area (Å²) >= 11 is 6.47. The Balaban J connectivity index is 1.46. The number of β-amino-alcohol motifs (C(OH)–C–C–N with tert-alkyl or cyclic N) is 1. The van der Waals surface area contributed by atoms with Gasteiger partial charge in [0, 0.05) is 23.1 Å². The number of benzene rings is 3. The van der Waals surface area contributed by atoms with Crippen molar-refractivity contribution in [1.82, 2.24) is 20.0 Å². The summed E-state index contributed by atoms with van der Waals surface area (Å²) < 4.78 is 20.7. The van der Waals surface area contributed by atoms with Crippen LogP contribution in [-0.4, -0.2) is 62.6 Å². The van der Waals surface area contributed by atoms with Crippen LogP contribution in [0.2, 0.25) is 5.02 Å². The van der Waals surface area contributed by atoms with Gasteiger partial charge in [-0.2, -0.15) is 5.10 Å². The fraction of sp³-hybridized carbons (Fsp3) is 0.276. The van der Waals surface area contributed by atoms with Crippen LogP contribution in [0.25, 0.3) is 27.8 Å². The molecule has 1 aliphatic rings. The summed E-state index contributed by atoms with van der Waals surface area (Å²) in [7, 11) is 0. The minimum atomic E-state index is -0.943. The normalized spacial score (nSPS) is 17.4. The van der Waals surface area contributed by atoms with Gasteiger partial charge in [-0.15, -0.1) is 0 Å². The number of aliphatic hydroxyl groups excluding tert-OH is 1. The van der Waals surface area contributed by atoms with E-state index in [4.69, 9.17) is 21.4 Å². The highest BCUT2D eigenvalue weighted by Crippen LogP contribution is 2.34. The average Bonchev–Trinajstić information content (AvgIpc) is 3.44. The summed E-state index contributed by atoms with van der Waals surface area (Å²) in [5, 5.41) is 19.4. The maximum atomic E-state index is 13.6. The number of amides is 2. The minimum absolute atomic E-state index is 0.0530. The standard InChI is InChI=1S/C29H28ClFN4O4/c1-29(2,3)39-28(38)34-15-23(25(36)16-34)32-27(37)17-8-13-21-24(14-17)35(19-11-9-18(31)10-12-19)33-26(21)20-6-4-5-7-22(20)30/h4-14,23,25,36H,15-16H2,1-3H3,(H,32,37). The van der Waals surface area contributed by atoms with Gasteiger partial charge < -0.3 is 20.1 Å². The lowest BCUT2D eigenvalue weighted by atomic mass is 10.1. The zero-order valence-corrected chi connectivity index (χ0v) is 22.4. The molecule has 0 bridgehead atoms. The van der Waals surface area contributed by atoms with Crippen molar-refractivity contribution in [3.63, 3.8) is 0 Å². The quantitative estimate of drug-likeness (QED) is 0.364. The summed E-state index contributed by atoms with van der Waals surface area (Å²) in [4.78, 5) is 27.1. The number of nitrogens with one attached hydrogen (secondary N) is 1. The van der Waals surface area contributed by atoms with Crippen LogP contribution in [0.3, 0.4) is 0 Å². The first-order valence-electron chi connectivity index (χ1n) is 12.5. The van der Waals surface area contributed by atoms with Gasteiger partial charge in [-0.05, 0) is 69.3 Å². The Morgan fingerprint density at radius 2 is 1.79 bits per heavy atom. The predicted molar refractivity (Wildman–Crippen MR) is 147 cm³/mol. The van der Waals surface area contributed by atoms with Crippen LogP contribution < -0.4 is 5.32 Å². The van der Waals surface area contributed by atoms with Crippen molar-refractivity contribution >= 4 is 34.5 Å². The number of hydrogen-bond donors (Lipinski definition) is 2. The third-order valence-electron chi connectivity index (χ3n) is 6.40. The molecule has 0 aliphatic carbocycles. The Hall–Kier alpha value is -3.95. The maximum absolute atomic E-state index is 13.6. The van der Waals surface area contributed by atoms with E-state index in [0.717, 1.165) is 10.9 Å². The topological polar surface area (TPSA) is 96.7 Å². The number of fused-ring (bicyclic) bond motifs is 1. The summed E-state index contributed by atoms with van der Waals surface area (Å²) in [6.07, 6.45) is -1.49. The largest absolute Gasteiger partial charge is 0.444 e. The van der Waals surface area contributed by atoms with E-state index in [0.29, 0.717) is 27.5 Å². The van der Waals surface area contributed by atoms with E-state index in [1.54, 1.807) is 61.9 Å². The van der Waals surface area contributed by atoms with Gasteiger partial charge in [0.2, 0.25) is 0 Å². The predicted octanol–water partition coefficient (Wildman–Crippen LogP) is 5.20. The Morgan fingerprint density at radius 3 is 2.49 bits per heavy atom. The molecule has 1 saturated heterocycles. The van der Waals surface area contributed by atoms with Gasteiger partial charge in [-0.25, -0.2) is 13.9 Å². The molecule has 202 valence electrons. The Bertz CT molecular complexity index is 1550. The van der Waals surface area contributed by atoms with Gasteiger partial charge >= 0.3 is 6.09 Å². The average molecular weight is 551 g/mol. The molecular formula is C29H28ClFN4O4. The molecule has 3 aromatic carbocycles. The number of nitrogens with zero attached hydrogens (tertiary/aromatic N) is 3. The second-order valence-corrected chi connectivity index (χ2v) is 10.9. The SMILES string of the molecule is CC(C)(C)OC(=O)N1CC(O)C(NC(=O)c2ccc3c(-c4ccccc4Cl)nn(-c4ccc(F)cc4)c3c2)C1. The Morgan fingerprint density at radius 1 is 1.08 bits per heavy atom. The van der Waals surface area contributed by atoms with E-state index in [1.165, 1.54) is 17.0 Å². The highest BCUT2D eigenvalue weighted by molar-refractivity contribution is 6.33. The Labute approximate surface area is 229 Å². The summed E-state index contributed by atoms with van der Waals surface area (Å²) in [6.45, 7) is 5.47. The van der Waals surface area contributed by atoms with Gasteiger partial charge in [0.05, 0.1) is 34.9 Å². The lowest BCUT2D eigenvalue weighted by Gasteiger charge is -2.24. The van der Waals surface area contributed by atoms with Gasteiger partial charge in [0.1, 0.15) is 17.1 Å². The molecule has 39 heavy (non-hydrogen) atoms. The van der Waals surface area contributed by atoms with Crippen LogP contribution >= 0.6 is 11.6 Å². The molecule has 5 rings (SSSR count). The lowest BCUT2D eigenvalue weighted by molar-refractivity contribution is 0.0269. The molecular weight excluding hydrogens is 523 g/mol. The molecule has 2 N–H and O–H groups in total. The highest BCUT2D eigenvalue weighted by atomic mass is 35.5. The first-order chi connectivity index (χ1) is 18.5. The lowest BCUT2D eigenvalue weighted by Crippen LogP contribution is -2.43. The molecule has 2 atom stereocenters. The number of hydrogen-bond acceptors (Lipinski definition) is 5. The molecule has 0 saturated carbocycles. The van der Waals surface area contributed by atoms with Crippen molar-refractivity contribution in [2.45, 2.75) is 38.5 Å². The van der Waals surface area contributed by atoms with E-state index < -0.39 is 29.7 Å². The van der Waals surface area contributed by atoms with E-state index in [2.05, 4.69) is 5.32 Å². The molecule has 2 heterocycles. The van der Waals surface area contributed by atoms with Crippen LogP contribution in [0, 0.1) is 5.82 Å². The number of carbonyl (C=O) groups excluding carboxylic acids is 2. The van der Waals surface area contributed by atoms with Crippen LogP contribution in [0.5, 0.6) is 0 Å². The molecule has 1 aromatic heterocycles. The zero-order chi connectivity index (χ0) is 27.9. The number of aromatic nitrogens is 2. The molecule has 1 fully saturated rings. The van der Waals surface area contributed by atoms with Gasteiger partial charge in [0.25, 0.3) is 5.91 Å². The first kappa shape index (κ1) is 26.6. The minimum Gasteiger partial charge on any atom is -0.444 e. The van der Waals surface area contributed by atoms with Crippen molar-refractivity contribution in [3.8, 4) is 16.9 Å². The van der Waals surface area contributed by atoms with Gasteiger partial charge in [0.15, 0.2) is 0 Å².